The summed E-state index contributed by atoms with van der Waals surface area (Å²) in [6, 6.07) is -0.0953. The zero-order valence-electron chi connectivity index (χ0n) is 11.5. The second-order valence-electron chi connectivity index (χ2n) is 5.36. The van der Waals surface area contributed by atoms with Crippen LogP contribution in [0.15, 0.2) is 6.07 Å². The van der Waals surface area contributed by atoms with Gasteiger partial charge in [0.1, 0.15) is 5.56 Å². The van der Waals surface area contributed by atoms with Gasteiger partial charge >= 0.3 is 0 Å². The van der Waals surface area contributed by atoms with E-state index in [-0.39, 0.29) is 31.1 Å². The molecule has 0 aliphatic carbocycles. The van der Waals surface area contributed by atoms with Gasteiger partial charge in [-0.05, 0) is 25.7 Å². The van der Waals surface area contributed by atoms with E-state index in [2.05, 4.69) is 0 Å². The lowest BCUT2D eigenvalue weighted by molar-refractivity contribution is 0.0648. The van der Waals surface area contributed by atoms with Gasteiger partial charge in [-0.15, -0.1) is 0 Å². The van der Waals surface area contributed by atoms with Gasteiger partial charge in [0, 0.05) is 25.2 Å². The number of carbonyl (C=O) groups is 1. The Morgan fingerprint density at radius 2 is 1.86 bits per heavy atom. The predicted octanol–water partition coefficient (Wildman–Crippen LogP) is 2.44. The summed E-state index contributed by atoms with van der Waals surface area (Å²) in [5.74, 6) is -7.55. The molecule has 1 saturated heterocycles. The highest BCUT2D eigenvalue weighted by Gasteiger charge is 2.32. The molecule has 7 heteroatoms. The summed E-state index contributed by atoms with van der Waals surface area (Å²) in [5, 5.41) is 0. The summed E-state index contributed by atoms with van der Waals surface area (Å²) in [7, 11) is 0. The summed E-state index contributed by atoms with van der Waals surface area (Å²) in [4.78, 5) is 13.4. The molecule has 2 N–H and O–H groups in total. The molecule has 21 heavy (non-hydrogen) atoms. The van der Waals surface area contributed by atoms with Crippen LogP contribution < -0.4 is 5.73 Å². The van der Waals surface area contributed by atoms with Crippen molar-refractivity contribution in [1.29, 1.82) is 0 Å². The van der Waals surface area contributed by atoms with Gasteiger partial charge in [0.25, 0.3) is 5.91 Å². The summed E-state index contributed by atoms with van der Waals surface area (Å²) in [6.07, 6.45) is 1.42. The van der Waals surface area contributed by atoms with Crippen molar-refractivity contribution in [2.45, 2.75) is 25.8 Å². The molecule has 3 nitrogen and oxygen atoms in total. The van der Waals surface area contributed by atoms with E-state index in [4.69, 9.17) is 5.73 Å². The average Bonchev–Trinajstić information content (AvgIpc) is 2.45. The van der Waals surface area contributed by atoms with Crippen LogP contribution in [-0.2, 0) is 0 Å². The molecule has 0 saturated carbocycles. The minimum atomic E-state index is -1.66. The maximum Gasteiger partial charge on any atom is 0.260 e. The van der Waals surface area contributed by atoms with E-state index in [9.17, 15) is 22.4 Å². The standard InChI is InChI=1S/C14H16F4N2O/c1-7(19)8-3-2-4-20(6-8)14(21)11-12(17)9(15)5-10(16)13(11)18/h5,7-8H,2-4,6,19H2,1H3. The first-order valence-electron chi connectivity index (χ1n) is 6.70. The molecular weight excluding hydrogens is 288 g/mol. The monoisotopic (exact) mass is 304 g/mol. The molecule has 2 unspecified atom stereocenters. The largest absolute Gasteiger partial charge is 0.338 e. The molecule has 0 radical (unpaired) electrons. The zero-order valence-corrected chi connectivity index (χ0v) is 11.5. The van der Waals surface area contributed by atoms with Crippen LogP contribution in [0.25, 0.3) is 0 Å². The Hall–Kier alpha value is -1.63. The van der Waals surface area contributed by atoms with Gasteiger partial charge in [0.15, 0.2) is 23.3 Å². The SMILES string of the molecule is CC(N)C1CCCN(C(=O)c2c(F)c(F)cc(F)c2F)C1. The quantitative estimate of drug-likeness (QED) is 0.674. The highest BCUT2D eigenvalue weighted by atomic mass is 19.2. The lowest BCUT2D eigenvalue weighted by Gasteiger charge is -2.34. The second kappa shape index (κ2) is 6.01. The first kappa shape index (κ1) is 15.8. The van der Waals surface area contributed by atoms with Crippen molar-refractivity contribution in [3.05, 3.63) is 34.9 Å². The van der Waals surface area contributed by atoms with E-state index < -0.39 is 34.7 Å². The minimum absolute atomic E-state index is 0.00720. The van der Waals surface area contributed by atoms with Crippen LogP contribution in [-0.4, -0.2) is 29.9 Å². The first-order chi connectivity index (χ1) is 9.82. The number of nitrogens with two attached hydrogens (primary N) is 1. The molecule has 0 aromatic heterocycles. The summed E-state index contributed by atoms with van der Waals surface area (Å²) in [6.45, 7) is 2.27. The zero-order chi connectivity index (χ0) is 15.7. The predicted molar refractivity (Wildman–Crippen MR) is 68.6 cm³/mol. The second-order valence-corrected chi connectivity index (χ2v) is 5.36. The molecule has 1 aromatic rings. The highest BCUT2D eigenvalue weighted by Crippen LogP contribution is 2.25. The Morgan fingerprint density at radius 3 is 2.38 bits per heavy atom. The summed E-state index contributed by atoms with van der Waals surface area (Å²) < 4.78 is 53.7. The van der Waals surface area contributed by atoms with Crippen molar-refractivity contribution < 1.29 is 22.4 Å². The van der Waals surface area contributed by atoms with Gasteiger partial charge in [0.2, 0.25) is 0 Å². The Bertz CT molecular complexity index is 536. The number of halogens is 4. The molecule has 1 amide bonds. The third kappa shape index (κ3) is 3.02. The van der Waals surface area contributed by atoms with Crippen molar-refractivity contribution >= 4 is 5.91 Å². The molecule has 2 rings (SSSR count). The van der Waals surface area contributed by atoms with Gasteiger partial charge in [-0.1, -0.05) is 0 Å². The van der Waals surface area contributed by atoms with Crippen LogP contribution in [0.3, 0.4) is 0 Å². The lowest BCUT2D eigenvalue weighted by Crippen LogP contribution is -2.45. The number of likely N-dealkylation sites (tertiary alicyclic amines) is 1. The maximum atomic E-state index is 13.6. The van der Waals surface area contributed by atoms with Gasteiger partial charge in [0.05, 0.1) is 0 Å². The Balaban J connectivity index is 2.32. The third-order valence-electron chi connectivity index (χ3n) is 3.81. The van der Waals surface area contributed by atoms with Gasteiger partial charge in [-0.3, -0.25) is 4.79 Å². The van der Waals surface area contributed by atoms with Crippen molar-refractivity contribution in [1.82, 2.24) is 4.90 Å². The topological polar surface area (TPSA) is 46.3 Å². The molecule has 1 aliphatic rings. The molecular formula is C14H16F4N2O. The third-order valence-corrected chi connectivity index (χ3v) is 3.81. The van der Waals surface area contributed by atoms with E-state index in [1.54, 1.807) is 6.92 Å². The van der Waals surface area contributed by atoms with E-state index in [1.807, 2.05) is 0 Å². The molecule has 116 valence electrons. The number of rotatable bonds is 2. The molecule has 2 atom stereocenters. The van der Waals surface area contributed by atoms with Crippen molar-refractivity contribution in [3.63, 3.8) is 0 Å². The van der Waals surface area contributed by atoms with Crippen molar-refractivity contribution in [3.8, 4) is 0 Å². The van der Waals surface area contributed by atoms with Crippen LogP contribution in [0.4, 0.5) is 17.6 Å². The fourth-order valence-electron chi connectivity index (χ4n) is 2.54. The molecule has 1 fully saturated rings. The molecule has 0 bridgehead atoms. The van der Waals surface area contributed by atoms with E-state index >= 15 is 0 Å². The van der Waals surface area contributed by atoms with E-state index in [1.165, 1.54) is 4.90 Å². The number of carbonyl (C=O) groups excluding carboxylic acids is 1. The fraction of sp³-hybridized carbons (Fsp3) is 0.500. The molecule has 1 aromatic carbocycles. The fourth-order valence-corrected chi connectivity index (χ4v) is 2.54. The number of nitrogens with zero attached hydrogens (tertiary/aromatic N) is 1. The van der Waals surface area contributed by atoms with Gasteiger partial charge in [-0.25, -0.2) is 17.6 Å². The Morgan fingerprint density at radius 1 is 1.29 bits per heavy atom. The lowest BCUT2D eigenvalue weighted by atomic mass is 9.92. The molecule has 1 aliphatic heterocycles. The molecule has 0 spiro atoms. The van der Waals surface area contributed by atoms with Crippen molar-refractivity contribution in [2.75, 3.05) is 13.1 Å². The highest BCUT2D eigenvalue weighted by molar-refractivity contribution is 5.95. The Labute approximate surface area is 119 Å². The smallest absolute Gasteiger partial charge is 0.260 e. The van der Waals surface area contributed by atoms with E-state index in [0.29, 0.717) is 6.42 Å². The van der Waals surface area contributed by atoms with Crippen molar-refractivity contribution in [2.24, 2.45) is 11.7 Å². The number of benzene rings is 1. The first-order valence-corrected chi connectivity index (χ1v) is 6.70. The van der Waals surface area contributed by atoms with Crippen LogP contribution in [0.2, 0.25) is 0 Å². The van der Waals surface area contributed by atoms with Crippen LogP contribution >= 0.6 is 0 Å². The minimum Gasteiger partial charge on any atom is -0.338 e. The Kier molecular flexibility index (Phi) is 4.51. The maximum absolute atomic E-state index is 13.6. The van der Waals surface area contributed by atoms with Crippen LogP contribution in [0, 0.1) is 29.2 Å². The number of amides is 1. The van der Waals surface area contributed by atoms with Crippen LogP contribution in [0.5, 0.6) is 0 Å². The summed E-state index contributed by atoms with van der Waals surface area (Å²) >= 11 is 0. The average molecular weight is 304 g/mol. The molecule has 1 heterocycles. The van der Waals surface area contributed by atoms with Gasteiger partial charge < -0.3 is 10.6 Å². The number of hydrogen-bond acceptors (Lipinski definition) is 2. The van der Waals surface area contributed by atoms with E-state index in [0.717, 1.165) is 6.42 Å². The summed E-state index contributed by atoms with van der Waals surface area (Å²) in [5.41, 5.74) is 4.59. The van der Waals surface area contributed by atoms with Crippen LogP contribution in [0.1, 0.15) is 30.1 Å². The van der Waals surface area contributed by atoms with Gasteiger partial charge in [-0.2, -0.15) is 0 Å². The normalized spacial score (nSPS) is 20.5. The number of piperidine rings is 1. The number of hydrogen-bond donors (Lipinski definition) is 1.